The number of para-hydroxylation sites is 2. The average molecular weight is 409 g/mol. The van der Waals surface area contributed by atoms with Crippen LogP contribution in [0.3, 0.4) is 0 Å². The number of pyridine rings is 1. The van der Waals surface area contributed by atoms with Crippen molar-refractivity contribution in [2.45, 2.75) is 24.7 Å². The van der Waals surface area contributed by atoms with Gasteiger partial charge in [-0.2, -0.15) is 4.98 Å². The highest BCUT2D eigenvalue weighted by Gasteiger charge is 2.51. The Balaban J connectivity index is 0.00000181. The van der Waals surface area contributed by atoms with Gasteiger partial charge in [-0.3, -0.25) is 4.57 Å². The maximum atomic E-state index is 5.72. The quantitative estimate of drug-likeness (QED) is 0.558. The first-order valence-electron chi connectivity index (χ1n) is 9.77. The summed E-state index contributed by atoms with van der Waals surface area (Å²) in [6, 6.07) is 12.0. The smallest absolute Gasteiger partial charge is 0.234 e. The van der Waals surface area contributed by atoms with Gasteiger partial charge >= 0.3 is 0 Å². The molecule has 8 heteroatoms. The van der Waals surface area contributed by atoms with Crippen LogP contribution in [0.4, 0.5) is 0 Å². The second-order valence-corrected chi connectivity index (χ2v) is 7.81. The molecule has 4 aromatic rings. The number of rotatable bonds is 3. The van der Waals surface area contributed by atoms with Gasteiger partial charge in [-0.05, 0) is 49.6 Å². The van der Waals surface area contributed by atoms with Gasteiger partial charge in [-0.15, -0.1) is 12.4 Å². The van der Waals surface area contributed by atoms with Crippen molar-refractivity contribution < 1.29 is 4.52 Å². The zero-order valence-electron chi connectivity index (χ0n) is 15.8. The molecule has 7 nitrogen and oxygen atoms in total. The normalized spacial score (nSPS) is 23.2. The third-order valence-electron chi connectivity index (χ3n) is 6.35. The van der Waals surface area contributed by atoms with Crippen molar-refractivity contribution in [3.63, 3.8) is 0 Å². The maximum absolute atomic E-state index is 5.72. The van der Waals surface area contributed by atoms with E-state index < -0.39 is 0 Å². The standard InChI is InChI=1S/C21H20N6O.ClH/c1-2-6-17-16(5-1)24-13-27(17)18-8-7-14(10-23-18)19-25-20(28-26-19)21-9-3-4-15(21)11-22-12-21;/h1-2,5-8,10,13,15,22H,3-4,9,11-12H2;1H/t15-,21-;/m1./s1. The van der Waals surface area contributed by atoms with Crippen molar-refractivity contribution >= 4 is 23.4 Å². The van der Waals surface area contributed by atoms with E-state index in [0.29, 0.717) is 11.7 Å². The van der Waals surface area contributed by atoms with Crippen molar-refractivity contribution in [1.29, 1.82) is 0 Å². The van der Waals surface area contributed by atoms with Crippen molar-refractivity contribution in [1.82, 2.24) is 30.0 Å². The molecule has 2 fully saturated rings. The fraction of sp³-hybridized carbons (Fsp3) is 0.333. The number of nitrogens with one attached hydrogen (secondary N) is 1. The Hall–Kier alpha value is -2.77. The number of halogens is 1. The Labute approximate surface area is 174 Å². The van der Waals surface area contributed by atoms with Crippen molar-refractivity contribution in [2.24, 2.45) is 5.92 Å². The van der Waals surface area contributed by atoms with Crippen LogP contribution in [0.25, 0.3) is 28.2 Å². The molecule has 0 bridgehead atoms. The number of hydrogen-bond donors (Lipinski definition) is 1. The Morgan fingerprint density at radius 3 is 2.97 bits per heavy atom. The molecule has 0 radical (unpaired) electrons. The fourth-order valence-electron chi connectivity index (χ4n) is 4.85. The largest absolute Gasteiger partial charge is 0.338 e. The summed E-state index contributed by atoms with van der Waals surface area (Å²) in [4.78, 5) is 13.8. The molecular formula is C21H21ClN6O. The van der Waals surface area contributed by atoms with E-state index in [9.17, 15) is 0 Å². The fourth-order valence-corrected chi connectivity index (χ4v) is 4.85. The first-order chi connectivity index (χ1) is 13.8. The van der Waals surface area contributed by atoms with Crippen LogP contribution in [0.5, 0.6) is 0 Å². The number of benzene rings is 1. The zero-order valence-corrected chi connectivity index (χ0v) is 16.6. The minimum atomic E-state index is 0. The molecule has 3 aromatic heterocycles. The van der Waals surface area contributed by atoms with E-state index in [1.165, 1.54) is 12.8 Å². The molecule has 0 unspecified atom stereocenters. The van der Waals surface area contributed by atoms with Crippen LogP contribution < -0.4 is 5.32 Å². The third kappa shape index (κ3) is 2.76. The number of hydrogen-bond acceptors (Lipinski definition) is 6. The molecular weight excluding hydrogens is 388 g/mol. The summed E-state index contributed by atoms with van der Waals surface area (Å²) in [7, 11) is 0. The summed E-state index contributed by atoms with van der Waals surface area (Å²) >= 11 is 0. The Bertz CT molecular complexity index is 1140. The van der Waals surface area contributed by atoms with Gasteiger partial charge in [-0.25, -0.2) is 9.97 Å². The van der Waals surface area contributed by atoms with Crippen molar-refractivity contribution in [3.05, 3.63) is 54.8 Å². The molecule has 2 atom stereocenters. The van der Waals surface area contributed by atoms with Crippen LogP contribution in [-0.4, -0.2) is 37.8 Å². The molecule has 148 valence electrons. The molecule has 2 aliphatic rings. The van der Waals surface area contributed by atoms with Crippen LogP contribution in [0.15, 0.2) is 53.4 Å². The molecule has 4 heterocycles. The first kappa shape index (κ1) is 18.3. The van der Waals surface area contributed by atoms with Crippen LogP contribution in [-0.2, 0) is 5.41 Å². The van der Waals surface area contributed by atoms with E-state index in [4.69, 9.17) is 9.51 Å². The summed E-state index contributed by atoms with van der Waals surface area (Å²) < 4.78 is 7.70. The van der Waals surface area contributed by atoms with Gasteiger partial charge in [0, 0.05) is 18.3 Å². The molecule has 1 aliphatic heterocycles. The topological polar surface area (TPSA) is 81.7 Å². The third-order valence-corrected chi connectivity index (χ3v) is 6.35. The summed E-state index contributed by atoms with van der Waals surface area (Å²) in [5.41, 5.74) is 2.87. The number of imidazole rings is 1. The van der Waals surface area contributed by atoms with Gasteiger partial charge in [0.15, 0.2) is 0 Å². The van der Waals surface area contributed by atoms with Crippen LogP contribution in [0, 0.1) is 5.92 Å². The van der Waals surface area contributed by atoms with Crippen LogP contribution >= 0.6 is 12.4 Å². The minimum Gasteiger partial charge on any atom is -0.338 e. The van der Waals surface area contributed by atoms with Gasteiger partial charge in [0.05, 0.1) is 16.4 Å². The van der Waals surface area contributed by atoms with E-state index >= 15 is 0 Å². The summed E-state index contributed by atoms with van der Waals surface area (Å²) in [6.07, 6.45) is 7.19. The first-order valence-corrected chi connectivity index (χ1v) is 9.77. The predicted octanol–water partition coefficient (Wildman–Crippen LogP) is 3.53. The molecule has 1 aliphatic carbocycles. The molecule has 1 N–H and O–H groups in total. The van der Waals surface area contributed by atoms with Gasteiger partial charge in [0.25, 0.3) is 0 Å². The molecule has 0 amide bonds. The van der Waals surface area contributed by atoms with Gasteiger partial charge in [0.1, 0.15) is 12.1 Å². The van der Waals surface area contributed by atoms with Gasteiger partial charge in [-0.1, -0.05) is 23.7 Å². The molecule has 6 rings (SSSR count). The van der Waals surface area contributed by atoms with E-state index in [1.807, 2.05) is 41.0 Å². The summed E-state index contributed by atoms with van der Waals surface area (Å²) in [6.45, 7) is 1.98. The number of fused-ring (bicyclic) bond motifs is 2. The van der Waals surface area contributed by atoms with Gasteiger partial charge in [0.2, 0.25) is 11.7 Å². The zero-order chi connectivity index (χ0) is 18.6. The lowest BCUT2D eigenvalue weighted by atomic mass is 9.80. The predicted molar refractivity (Wildman–Crippen MR) is 111 cm³/mol. The number of aromatic nitrogens is 5. The molecule has 29 heavy (non-hydrogen) atoms. The van der Waals surface area contributed by atoms with Crippen LogP contribution in [0.1, 0.15) is 25.2 Å². The van der Waals surface area contributed by atoms with E-state index in [1.54, 1.807) is 12.5 Å². The second kappa shape index (κ2) is 6.93. The Morgan fingerprint density at radius 1 is 1.14 bits per heavy atom. The van der Waals surface area contributed by atoms with Crippen molar-refractivity contribution in [2.75, 3.05) is 13.1 Å². The Kier molecular flexibility index (Phi) is 4.37. The Morgan fingerprint density at radius 2 is 2.07 bits per heavy atom. The average Bonchev–Trinajstić information content (AvgIpc) is 3.49. The molecule has 1 saturated carbocycles. The molecule has 1 saturated heterocycles. The summed E-state index contributed by atoms with van der Waals surface area (Å²) in [5, 5.41) is 7.76. The van der Waals surface area contributed by atoms with E-state index in [2.05, 4.69) is 20.4 Å². The highest BCUT2D eigenvalue weighted by molar-refractivity contribution is 5.85. The monoisotopic (exact) mass is 408 g/mol. The highest BCUT2D eigenvalue weighted by atomic mass is 35.5. The van der Waals surface area contributed by atoms with Gasteiger partial charge < -0.3 is 9.84 Å². The minimum absolute atomic E-state index is 0. The van der Waals surface area contributed by atoms with Crippen LogP contribution in [0.2, 0.25) is 0 Å². The lowest BCUT2D eigenvalue weighted by Gasteiger charge is -2.22. The summed E-state index contributed by atoms with van der Waals surface area (Å²) in [5.74, 6) is 2.81. The molecule has 0 spiro atoms. The lowest BCUT2D eigenvalue weighted by Crippen LogP contribution is -2.31. The SMILES string of the molecule is Cl.c1ccc2c(c1)ncn2-c1ccc(-c2noc([C@@]34CCC[C@@H]3CNC4)n2)cn1. The lowest BCUT2D eigenvalue weighted by molar-refractivity contribution is 0.265. The number of nitrogens with zero attached hydrogens (tertiary/aromatic N) is 5. The second-order valence-electron chi connectivity index (χ2n) is 7.81. The molecule has 1 aromatic carbocycles. The maximum Gasteiger partial charge on any atom is 0.234 e. The van der Waals surface area contributed by atoms with Crippen molar-refractivity contribution in [3.8, 4) is 17.2 Å². The highest BCUT2D eigenvalue weighted by Crippen LogP contribution is 2.47. The van der Waals surface area contributed by atoms with E-state index in [0.717, 1.165) is 47.8 Å². The van der Waals surface area contributed by atoms with E-state index in [-0.39, 0.29) is 17.8 Å².